The van der Waals surface area contributed by atoms with E-state index in [1.807, 2.05) is 24.3 Å². The van der Waals surface area contributed by atoms with Gasteiger partial charge >= 0.3 is 0 Å². The van der Waals surface area contributed by atoms with E-state index in [0.717, 1.165) is 17.7 Å². The maximum atomic E-state index is 13.3. The molecule has 0 spiro atoms. The van der Waals surface area contributed by atoms with E-state index in [1.54, 1.807) is 0 Å². The summed E-state index contributed by atoms with van der Waals surface area (Å²) in [7, 11) is 0. The number of nitriles is 1. The molecule has 0 amide bonds. The van der Waals surface area contributed by atoms with Crippen molar-refractivity contribution in [3.05, 3.63) is 65.0 Å². The second kappa shape index (κ2) is 6.90. The summed E-state index contributed by atoms with van der Waals surface area (Å²) >= 11 is 0. The molecule has 0 saturated carbocycles. The molecule has 0 aromatic heterocycles. The predicted octanol–water partition coefficient (Wildman–Crippen LogP) is 4.79. The van der Waals surface area contributed by atoms with E-state index in [9.17, 15) is 4.39 Å². The maximum absolute atomic E-state index is 13.3. The molecular formula is C18H18FNO. The van der Waals surface area contributed by atoms with Crippen molar-refractivity contribution < 1.29 is 9.13 Å². The average Bonchev–Trinajstić information content (AvgIpc) is 2.52. The van der Waals surface area contributed by atoms with Crippen LogP contribution in [0, 0.1) is 17.1 Å². The van der Waals surface area contributed by atoms with E-state index in [1.165, 1.54) is 18.2 Å². The van der Waals surface area contributed by atoms with Crippen LogP contribution in [0.1, 0.15) is 42.9 Å². The molecule has 2 nitrogen and oxygen atoms in total. The highest BCUT2D eigenvalue weighted by Crippen LogP contribution is 2.29. The first-order valence-electron chi connectivity index (χ1n) is 7.06. The Hall–Kier alpha value is -2.34. The van der Waals surface area contributed by atoms with Crippen LogP contribution in [-0.2, 0) is 6.61 Å². The van der Waals surface area contributed by atoms with Gasteiger partial charge in [0.1, 0.15) is 18.2 Å². The van der Waals surface area contributed by atoms with Gasteiger partial charge in [-0.15, -0.1) is 0 Å². The Morgan fingerprint density at radius 2 is 2.00 bits per heavy atom. The summed E-state index contributed by atoms with van der Waals surface area (Å²) in [5.74, 6) is 0.826. The normalized spacial score (nSPS) is 11.7. The fourth-order valence-electron chi connectivity index (χ4n) is 2.19. The second-order valence-corrected chi connectivity index (χ2v) is 5.05. The Kier molecular flexibility index (Phi) is 4.94. The molecule has 1 atom stereocenters. The van der Waals surface area contributed by atoms with Crippen molar-refractivity contribution in [1.29, 1.82) is 5.26 Å². The Morgan fingerprint density at radius 3 is 2.71 bits per heavy atom. The van der Waals surface area contributed by atoms with E-state index in [4.69, 9.17) is 10.00 Å². The first-order chi connectivity index (χ1) is 10.2. The molecule has 2 aromatic carbocycles. The first-order valence-corrected chi connectivity index (χ1v) is 7.06. The zero-order valence-corrected chi connectivity index (χ0v) is 12.3. The standard InChI is InChI=1S/C18H18FNO/c1-3-13(2)17-6-4-5-7-18(17)21-12-15-10-16(19)9-8-14(15)11-20/h4-10,13H,3,12H2,1-2H3. The highest BCUT2D eigenvalue weighted by atomic mass is 19.1. The number of nitrogens with zero attached hydrogens (tertiary/aromatic N) is 1. The summed E-state index contributed by atoms with van der Waals surface area (Å²) in [5, 5.41) is 9.06. The van der Waals surface area contributed by atoms with Crippen molar-refractivity contribution in [1.82, 2.24) is 0 Å². The monoisotopic (exact) mass is 283 g/mol. The maximum Gasteiger partial charge on any atom is 0.123 e. The van der Waals surface area contributed by atoms with Gasteiger partial charge in [-0.2, -0.15) is 5.26 Å². The van der Waals surface area contributed by atoms with Gasteiger partial charge in [-0.05, 0) is 42.2 Å². The molecule has 0 radical (unpaired) electrons. The molecular weight excluding hydrogens is 265 g/mol. The van der Waals surface area contributed by atoms with Crippen molar-refractivity contribution in [3.63, 3.8) is 0 Å². The van der Waals surface area contributed by atoms with Gasteiger partial charge in [0.15, 0.2) is 0 Å². The van der Waals surface area contributed by atoms with Crippen molar-refractivity contribution >= 4 is 0 Å². The van der Waals surface area contributed by atoms with Crippen LogP contribution in [0.4, 0.5) is 4.39 Å². The summed E-state index contributed by atoms with van der Waals surface area (Å²) in [6.45, 7) is 4.46. The van der Waals surface area contributed by atoms with Crippen LogP contribution in [0.15, 0.2) is 42.5 Å². The third-order valence-corrected chi connectivity index (χ3v) is 3.63. The molecule has 0 fully saturated rings. The van der Waals surface area contributed by atoms with Gasteiger partial charge in [-0.1, -0.05) is 32.0 Å². The van der Waals surface area contributed by atoms with Gasteiger partial charge in [-0.3, -0.25) is 0 Å². The molecule has 3 heteroatoms. The Balaban J connectivity index is 2.21. The summed E-state index contributed by atoms with van der Waals surface area (Å²) in [4.78, 5) is 0. The van der Waals surface area contributed by atoms with Gasteiger partial charge < -0.3 is 4.74 Å². The smallest absolute Gasteiger partial charge is 0.123 e. The van der Waals surface area contributed by atoms with Crippen LogP contribution in [0.5, 0.6) is 5.75 Å². The molecule has 21 heavy (non-hydrogen) atoms. The van der Waals surface area contributed by atoms with Gasteiger partial charge in [0.05, 0.1) is 11.6 Å². The molecule has 0 saturated heterocycles. The summed E-state index contributed by atoms with van der Waals surface area (Å²) in [6.07, 6.45) is 1.02. The molecule has 2 rings (SSSR count). The lowest BCUT2D eigenvalue weighted by Gasteiger charge is -2.16. The second-order valence-electron chi connectivity index (χ2n) is 5.05. The predicted molar refractivity (Wildman–Crippen MR) is 80.6 cm³/mol. The van der Waals surface area contributed by atoms with E-state index in [0.29, 0.717) is 17.0 Å². The number of ether oxygens (including phenoxy) is 1. The Labute approximate surface area is 124 Å². The molecule has 0 heterocycles. The molecule has 2 aromatic rings. The van der Waals surface area contributed by atoms with E-state index in [-0.39, 0.29) is 12.4 Å². The zero-order chi connectivity index (χ0) is 15.2. The van der Waals surface area contributed by atoms with Gasteiger partial charge in [0, 0.05) is 5.56 Å². The van der Waals surface area contributed by atoms with Crippen LogP contribution in [0.25, 0.3) is 0 Å². The molecule has 0 aliphatic rings. The number of para-hydroxylation sites is 1. The molecule has 0 bridgehead atoms. The molecule has 108 valence electrons. The first kappa shape index (κ1) is 15.1. The minimum Gasteiger partial charge on any atom is -0.489 e. The SMILES string of the molecule is CCC(C)c1ccccc1OCc1cc(F)ccc1C#N. The molecule has 0 aliphatic heterocycles. The molecule has 1 unspecified atom stereocenters. The third kappa shape index (κ3) is 3.61. The van der Waals surface area contributed by atoms with Crippen LogP contribution < -0.4 is 4.74 Å². The number of benzene rings is 2. The highest BCUT2D eigenvalue weighted by Gasteiger charge is 2.11. The van der Waals surface area contributed by atoms with Gasteiger partial charge in [0.25, 0.3) is 0 Å². The van der Waals surface area contributed by atoms with Crippen LogP contribution in [0.2, 0.25) is 0 Å². The van der Waals surface area contributed by atoms with E-state index < -0.39 is 0 Å². The van der Waals surface area contributed by atoms with Crippen molar-refractivity contribution in [2.75, 3.05) is 0 Å². The summed E-state index contributed by atoms with van der Waals surface area (Å²) < 4.78 is 19.1. The lowest BCUT2D eigenvalue weighted by Crippen LogP contribution is -2.02. The Morgan fingerprint density at radius 1 is 1.24 bits per heavy atom. The number of rotatable bonds is 5. The minimum absolute atomic E-state index is 0.189. The quantitative estimate of drug-likeness (QED) is 0.790. The van der Waals surface area contributed by atoms with Gasteiger partial charge in [-0.25, -0.2) is 4.39 Å². The van der Waals surface area contributed by atoms with Crippen molar-refractivity contribution in [2.45, 2.75) is 32.8 Å². The minimum atomic E-state index is -0.359. The fourth-order valence-corrected chi connectivity index (χ4v) is 2.19. The Bertz CT molecular complexity index is 661. The highest BCUT2D eigenvalue weighted by molar-refractivity contribution is 5.39. The van der Waals surface area contributed by atoms with Crippen LogP contribution in [-0.4, -0.2) is 0 Å². The lowest BCUT2D eigenvalue weighted by molar-refractivity contribution is 0.300. The van der Waals surface area contributed by atoms with Crippen LogP contribution in [0.3, 0.4) is 0 Å². The van der Waals surface area contributed by atoms with Crippen LogP contribution >= 0.6 is 0 Å². The van der Waals surface area contributed by atoms with Crippen molar-refractivity contribution in [2.24, 2.45) is 0 Å². The van der Waals surface area contributed by atoms with E-state index >= 15 is 0 Å². The van der Waals surface area contributed by atoms with Gasteiger partial charge in [0.2, 0.25) is 0 Å². The third-order valence-electron chi connectivity index (χ3n) is 3.63. The van der Waals surface area contributed by atoms with E-state index in [2.05, 4.69) is 19.9 Å². The average molecular weight is 283 g/mol. The number of halogens is 1. The largest absolute Gasteiger partial charge is 0.489 e. The molecule has 0 aliphatic carbocycles. The van der Waals surface area contributed by atoms with Crippen molar-refractivity contribution in [3.8, 4) is 11.8 Å². The molecule has 0 N–H and O–H groups in total. The number of hydrogen-bond donors (Lipinski definition) is 0. The zero-order valence-electron chi connectivity index (χ0n) is 12.3. The summed E-state index contributed by atoms with van der Waals surface area (Å²) in [6, 6.07) is 14.0. The lowest BCUT2D eigenvalue weighted by atomic mass is 9.98. The topological polar surface area (TPSA) is 33.0 Å². The number of hydrogen-bond acceptors (Lipinski definition) is 2. The fraction of sp³-hybridized carbons (Fsp3) is 0.278. The summed E-state index contributed by atoms with van der Waals surface area (Å²) in [5.41, 5.74) is 2.14.